The average Bonchev–Trinajstić information content (AvgIpc) is 2.92. The van der Waals surface area contributed by atoms with Crippen LogP contribution in [0.1, 0.15) is 31.8 Å². The van der Waals surface area contributed by atoms with Crippen LogP contribution in [0.4, 0.5) is 0 Å². The monoisotopic (exact) mass is 520 g/mol. The lowest BCUT2D eigenvalue weighted by Gasteiger charge is -2.15. The molecule has 0 saturated carbocycles. The lowest BCUT2D eigenvalue weighted by molar-refractivity contribution is -0.00437. The van der Waals surface area contributed by atoms with E-state index in [1.165, 1.54) is 27.4 Å². The number of carbonyl (C=O) groups is 2. The third-order valence-corrected chi connectivity index (χ3v) is 6.57. The molecule has 0 saturated heterocycles. The predicted molar refractivity (Wildman–Crippen MR) is 138 cm³/mol. The quantitative estimate of drug-likeness (QED) is 0.274. The number of sulfone groups is 1. The summed E-state index contributed by atoms with van der Waals surface area (Å²) in [6, 6.07) is 18.7. The molecule has 0 amide bonds. The summed E-state index contributed by atoms with van der Waals surface area (Å²) in [6.07, 6.45) is 2.13. The van der Waals surface area contributed by atoms with Crippen molar-refractivity contribution in [1.29, 1.82) is 0 Å². The fraction of sp³-hybridized carbons (Fsp3) is 0.148. The topological polar surface area (TPSA) is 132 Å². The van der Waals surface area contributed by atoms with Gasteiger partial charge in [0.2, 0.25) is 5.75 Å². The molecule has 0 unspecified atom stereocenters. The summed E-state index contributed by atoms with van der Waals surface area (Å²) in [7, 11) is 1.06. The lowest BCUT2D eigenvalue weighted by Crippen LogP contribution is -2.22. The van der Waals surface area contributed by atoms with E-state index in [9.17, 15) is 18.0 Å². The minimum absolute atomic E-state index is 0.0134. The number of ketones is 2. The van der Waals surface area contributed by atoms with Crippen LogP contribution in [-0.2, 0) is 9.84 Å². The Morgan fingerprint density at radius 2 is 1.41 bits per heavy atom. The van der Waals surface area contributed by atoms with Gasteiger partial charge in [-0.1, -0.05) is 54.6 Å². The number of Topliss-reactive ketones (excluding diaryl/α,β-unsaturated/α-hetero) is 1. The molecule has 0 bridgehead atoms. The number of methoxy groups -OCH3 is 3. The number of fused-ring (bicyclic) bond motifs is 1. The highest BCUT2D eigenvalue weighted by molar-refractivity contribution is 8.00. The number of hydrogen-bond acceptors (Lipinski definition) is 7. The van der Waals surface area contributed by atoms with Crippen molar-refractivity contribution in [3.63, 3.8) is 0 Å². The van der Waals surface area contributed by atoms with Crippen LogP contribution in [0.15, 0.2) is 72.8 Å². The van der Waals surface area contributed by atoms with Gasteiger partial charge in [0.15, 0.2) is 27.1 Å². The molecule has 9 nitrogen and oxygen atoms in total. The molecule has 0 aliphatic heterocycles. The average molecular weight is 521 g/mol. The normalized spacial score (nSPS) is 12.3. The molecule has 10 heteroatoms. The summed E-state index contributed by atoms with van der Waals surface area (Å²) >= 11 is 0. The molecule has 3 aromatic carbocycles. The molecule has 0 aromatic heterocycles. The van der Waals surface area contributed by atoms with Gasteiger partial charge in [0.1, 0.15) is 0 Å². The Morgan fingerprint density at radius 1 is 0.811 bits per heavy atom. The number of benzene rings is 3. The zero-order valence-electron chi connectivity index (χ0n) is 20.6. The molecule has 37 heavy (non-hydrogen) atoms. The summed E-state index contributed by atoms with van der Waals surface area (Å²) in [6.45, 7) is 0. The first kappa shape index (κ1) is 27.1. The summed E-state index contributed by atoms with van der Waals surface area (Å²) < 4.78 is 39.0. The SMILES string of the molecule is COc1ccc(C(=O)c2ccccc2)c(OC)c1OC.CS(=O)(=O)C1=CC(=[N+]=[N-])C(=O)c2ccccc21. The zero-order valence-corrected chi connectivity index (χ0v) is 21.4. The second-order valence-electron chi connectivity index (χ2n) is 7.72. The molecular weight excluding hydrogens is 496 g/mol. The standard InChI is InChI=1S/C16H16O4.C11H8N2O3S/c1-18-13-10-9-12(15(19-2)16(13)20-3)14(17)11-7-5-4-6-8-11;1-17(15,16)10-6-9(13-12)11(14)8-5-3-2-4-7(8)10/h4-10H,1-3H3;2-6H,1H3. The van der Waals surface area contributed by atoms with Crippen molar-refractivity contribution >= 4 is 32.0 Å². The minimum atomic E-state index is -3.49. The van der Waals surface area contributed by atoms with E-state index in [1.807, 2.05) is 18.2 Å². The summed E-state index contributed by atoms with van der Waals surface area (Å²) in [5, 5.41) is 0. The smallest absolute Gasteiger partial charge is 0.364 e. The molecule has 0 heterocycles. The van der Waals surface area contributed by atoms with Gasteiger partial charge in [-0.2, -0.15) is 4.79 Å². The van der Waals surface area contributed by atoms with Gasteiger partial charge in [-0.05, 0) is 12.1 Å². The van der Waals surface area contributed by atoms with Gasteiger partial charge in [0.25, 0.3) is 5.78 Å². The highest BCUT2D eigenvalue weighted by Crippen LogP contribution is 2.40. The van der Waals surface area contributed by atoms with E-state index in [-0.39, 0.29) is 22.0 Å². The Morgan fingerprint density at radius 3 is 1.95 bits per heavy atom. The number of ether oxygens (including phenoxy) is 3. The van der Waals surface area contributed by atoms with Crippen LogP contribution in [0.25, 0.3) is 10.4 Å². The molecule has 0 N–H and O–H groups in total. The molecule has 1 aliphatic carbocycles. The van der Waals surface area contributed by atoms with Gasteiger partial charge in [-0.15, -0.1) is 0 Å². The maximum atomic E-state index is 12.5. The van der Waals surface area contributed by atoms with Crippen molar-refractivity contribution in [3.8, 4) is 17.2 Å². The second kappa shape index (κ2) is 11.5. The van der Waals surface area contributed by atoms with Crippen LogP contribution in [-0.4, -0.2) is 58.1 Å². The number of carbonyl (C=O) groups excluding carboxylic acids is 2. The van der Waals surface area contributed by atoms with E-state index >= 15 is 0 Å². The fourth-order valence-corrected chi connectivity index (χ4v) is 4.61. The van der Waals surface area contributed by atoms with Crippen LogP contribution in [0.2, 0.25) is 0 Å². The van der Waals surface area contributed by atoms with Gasteiger partial charge >= 0.3 is 5.71 Å². The van der Waals surface area contributed by atoms with Gasteiger partial charge in [0.05, 0.1) is 37.9 Å². The third-order valence-electron chi connectivity index (χ3n) is 5.43. The largest absolute Gasteiger partial charge is 0.493 e. The van der Waals surface area contributed by atoms with E-state index in [1.54, 1.807) is 42.5 Å². The van der Waals surface area contributed by atoms with Gasteiger partial charge in [0, 0.05) is 22.9 Å². The van der Waals surface area contributed by atoms with E-state index in [2.05, 4.69) is 4.79 Å². The van der Waals surface area contributed by atoms with Gasteiger partial charge in [-0.3, -0.25) is 9.59 Å². The van der Waals surface area contributed by atoms with Crippen molar-refractivity contribution in [2.45, 2.75) is 0 Å². The van der Waals surface area contributed by atoms with Crippen molar-refractivity contribution in [2.75, 3.05) is 27.6 Å². The van der Waals surface area contributed by atoms with E-state index in [4.69, 9.17) is 19.7 Å². The predicted octanol–water partition coefficient (Wildman–Crippen LogP) is 3.88. The summed E-state index contributed by atoms with van der Waals surface area (Å²) in [5.74, 6) is 0.699. The van der Waals surface area contributed by atoms with Crippen LogP contribution >= 0.6 is 0 Å². The van der Waals surface area contributed by atoms with E-state index < -0.39 is 15.6 Å². The van der Waals surface area contributed by atoms with Crippen LogP contribution in [0.5, 0.6) is 17.2 Å². The Bertz CT molecular complexity index is 1540. The minimum Gasteiger partial charge on any atom is -0.493 e. The lowest BCUT2D eigenvalue weighted by atomic mass is 9.95. The highest BCUT2D eigenvalue weighted by Gasteiger charge is 2.33. The van der Waals surface area contributed by atoms with Gasteiger partial charge in [-0.25, -0.2) is 8.42 Å². The Labute approximate surface area is 214 Å². The molecule has 190 valence electrons. The first-order valence-corrected chi connectivity index (χ1v) is 12.7. The molecule has 0 fully saturated rings. The maximum absolute atomic E-state index is 12.5. The third kappa shape index (κ3) is 5.66. The Kier molecular flexibility index (Phi) is 8.39. The van der Waals surface area contributed by atoms with Crippen molar-refractivity contribution in [3.05, 3.63) is 101 Å². The van der Waals surface area contributed by atoms with Crippen molar-refractivity contribution < 1.29 is 37.0 Å². The number of nitrogens with zero attached hydrogens (tertiary/aromatic N) is 2. The Hall–Kier alpha value is -4.53. The maximum Gasteiger partial charge on any atom is 0.364 e. The van der Waals surface area contributed by atoms with Crippen LogP contribution < -0.4 is 14.2 Å². The zero-order chi connectivity index (χ0) is 27.2. The van der Waals surface area contributed by atoms with Crippen LogP contribution in [0.3, 0.4) is 0 Å². The molecular formula is C27H24N2O7S. The van der Waals surface area contributed by atoms with Gasteiger partial charge < -0.3 is 19.7 Å². The van der Waals surface area contributed by atoms with Crippen molar-refractivity contribution in [2.24, 2.45) is 0 Å². The molecule has 0 spiro atoms. The summed E-state index contributed by atoms with van der Waals surface area (Å²) in [4.78, 5) is 27.1. The van der Waals surface area contributed by atoms with E-state index in [0.717, 1.165) is 12.3 Å². The Balaban J connectivity index is 0.000000208. The molecule has 1 aliphatic rings. The number of hydrogen-bond donors (Lipinski definition) is 0. The van der Waals surface area contributed by atoms with E-state index in [0.29, 0.717) is 33.9 Å². The molecule has 0 radical (unpaired) electrons. The van der Waals surface area contributed by atoms with Crippen LogP contribution in [0, 0.1) is 0 Å². The highest BCUT2D eigenvalue weighted by atomic mass is 32.2. The number of rotatable bonds is 6. The first-order chi connectivity index (χ1) is 17.7. The first-order valence-electron chi connectivity index (χ1n) is 10.8. The summed E-state index contributed by atoms with van der Waals surface area (Å²) in [5.41, 5.74) is 10.0. The second-order valence-corrected chi connectivity index (χ2v) is 9.70. The fourth-order valence-electron chi connectivity index (χ4n) is 3.71. The van der Waals surface area contributed by atoms with Crippen molar-refractivity contribution in [1.82, 2.24) is 0 Å². The molecule has 4 rings (SSSR count). The number of allylic oxidation sites excluding steroid dienone is 1. The molecule has 0 atom stereocenters. The molecule has 3 aromatic rings.